The van der Waals surface area contributed by atoms with Gasteiger partial charge < -0.3 is 4.42 Å². The number of hydrogen-bond donors (Lipinski definition) is 1. The van der Waals surface area contributed by atoms with Gasteiger partial charge in [-0.3, -0.25) is 10.1 Å². The molecule has 3 aromatic rings. The van der Waals surface area contributed by atoms with Crippen molar-refractivity contribution in [1.82, 2.24) is 10.2 Å². The van der Waals surface area contributed by atoms with Crippen LogP contribution in [0.2, 0.25) is 8.67 Å². The molecule has 0 aliphatic rings. The van der Waals surface area contributed by atoms with Crippen LogP contribution in [0.15, 0.2) is 34.7 Å². The minimum Gasteiger partial charge on any atom is -0.407 e. The van der Waals surface area contributed by atoms with E-state index in [9.17, 15) is 4.79 Å². The Morgan fingerprint density at radius 2 is 1.96 bits per heavy atom. The fourth-order valence-corrected chi connectivity index (χ4v) is 3.69. The van der Waals surface area contributed by atoms with Crippen LogP contribution in [0.5, 0.6) is 0 Å². The van der Waals surface area contributed by atoms with Gasteiger partial charge in [0.05, 0.1) is 16.3 Å². The van der Waals surface area contributed by atoms with Crippen LogP contribution in [0.4, 0.5) is 6.01 Å². The minimum atomic E-state index is -0.440. The number of amides is 1. The Hall–Kier alpha value is -1.89. The minimum absolute atomic E-state index is 0.0252. The number of thiophene rings is 1. The molecule has 0 saturated heterocycles. The van der Waals surface area contributed by atoms with Crippen LogP contribution >= 0.6 is 34.5 Å². The maximum atomic E-state index is 12.1. The summed E-state index contributed by atoms with van der Waals surface area (Å²) in [6.07, 6.45) is 0.492. The number of rotatable bonds is 5. The van der Waals surface area contributed by atoms with E-state index in [-0.39, 0.29) is 11.6 Å². The third kappa shape index (κ3) is 4.39. The molecule has 1 N–H and O–H groups in total. The number of carbonyl (C=O) groups excluding carboxylic acids is 1. The number of aromatic nitrogens is 2. The fraction of sp³-hybridized carbons (Fsp3) is 0.235. The van der Waals surface area contributed by atoms with Crippen LogP contribution in [0.25, 0.3) is 0 Å². The van der Waals surface area contributed by atoms with Gasteiger partial charge in [0, 0.05) is 0 Å². The first-order valence-electron chi connectivity index (χ1n) is 7.59. The maximum Gasteiger partial charge on any atom is 0.322 e. The van der Waals surface area contributed by atoms with Crippen LogP contribution in [-0.2, 0) is 6.42 Å². The van der Waals surface area contributed by atoms with Gasteiger partial charge in [-0.2, -0.15) is 0 Å². The first-order chi connectivity index (χ1) is 11.9. The highest BCUT2D eigenvalue weighted by atomic mass is 35.5. The molecule has 5 nitrogen and oxygen atoms in total. The molecule has 0 radical (unpaired) electrons. The number of nitrogens with zero attached hydrogens (tertiary/aromatic N) is 2. The molecule has 25 heavy (non-hydrogen) atoms. The highest BCUT2D eigenvalue weighted by Crippen LogP contribution is 2.31. The van der Waals surface area contributed by atoms with Crippen LogP contribution < -0.4 is 5.32 Å². The first-order valence-corrected chi connectivity index (χ1v) is 9.17. The van der Waals surface area contributed by atoms with Gasteiger partial charge in [-0.05, 0) is 23.1 Å². The Labute approximate surface area is 159 Å². The van der Waals surface area contributed by atoms with E-state index in [1.165, 1.54) is 11.6 Å². The van der Waals surface area contributed by atoms with Gasteiger partial charge >= 0.3 is 6.01 Å². The Kier molecular flexibility index (Phi) is 5.42. The second-order valence-electron chi connectivity index (χ2n) is 5.77. The molecule has 0 saturated carbocycles. The van der Waals surface area contributed by atoms with Crippen molar-refractivity contribution < 1.29 is 9.21 Å². The molecule has 0 unspecified atom stereocenters. The molecule has 3 rings (SSSR count). The molecule has 1 amide bonds. The van der Waals surface area contributed by atoms with Gasteiger partial charge in [0.25, 0.3) is 5.91 Å². The molecule has 1 aromatic carbocycles. The highest BCUT2D eigenvalue weighted by molar-refractivity contribution is 7.20. The predicted molar refractivity (Wildman–Crippen MR) is 99.9 cm³/mol. The van der Waals surface area contributed by atoms with Crippen molar-refractivity contribution in [3.05, 3.63) is 61.6 Å². The third-order valence-corrected chi connectivity index (χ3v) is 5.08. The summed E-state index contributed by atoms with van der Waals surface area (Å²) in [7, 11) is 0. The average molecular weight is 396 g/mol. The summed E-state index contributed by atoms with van der Waals surface area (Å²) in [5.74, 6) is 0.461. The van der Waals surface area contributed by atoms with Crippen LogP contribution in [0, 0.1) is 0 Å². The van der Waals surface area contributed by atoms with Crippen LogP contribution in [-0.4, -0.2) is 16.1 Å². The fourth-order valence-electron chi connectivity index (χ4n) is 2.23. The standard InChI is InChI=1S/C17H15Cl2N3O2S/c1-9(2)11-5-3-10(4-6-11)7-14-21-22-17(24-14)20-16(23)12-8-13(18)25-15(12)19/h3-6,8-9H,7H2,1-2H3,(H,20,22,23). The highest BCUT2D eigenvalue weighted by Gasteiger charge is 2.17. The van der Waals surface area contributed by atoms with Crippen molar-refractivity contribution in [3.8, 4) is 0 Å². The number of benzene rings is 1. The van der Waals surface area contributed by atoms with Crippen molar-refractivity contribution in [3.63, 3.8) is 0 Å². The maximum absolute atomic E-state index is 12.1. The second-order valence-corrected chi connectivity index (χ2v) is 8.05. The van der Waals surface area contributed by atoms with E-state index < -0.39 is 5.91 Å². The second kappa shape index (κ2) is 7.56. The molecule has 0 bridgehead atoms. The zero-order valence-corrected chi connectivity index (χ0v) is 15.9. The quantitative estimate of drug-likeness (QED) is 0.627. The largest absolute Gasteiger partial charge is 0.407 e. The van der Waals surface area contributed by atoms with E-state index in [0.29, 0.717) is 26.9 Å². The van der Waals surface area contributed by atoms with Gasteiger partial charge in [0.2, 0.25) is 5.89 Å². The van der Waals surface area contributed by atoms with E-state index in [2.05, 4.69) is 41.5 Å². The molecule has 0 fully saturated rings. The Morgan fingerprint density at radius 1 is 1.24 bits per heavy atom. The normalized spacial score (nSPS) is 11.1. The zero-order chi connectivity index (χ0) is 18.0. The van der Waals surface area contributed by atoms with Crippen molar-refractivity contribution in [2.24, 2.45) is 0 Å². The molecule has 130 valence electrons. The number of hydrogen-bond acceptors (Lipinski definition) is 5. The first kappa shape index (κ1) is 17.9. The number of anilines is 1. The third-order valence-electron chi connectivity index (χ3n) is 3.59. The van der Waals surface area contributed by atoms with E-state index in [4.69, 9.17) is 27.6 Å². The van der Waals surface area contributed by atoms with Gasteiger partial charge in [0.1, 0.15) is 4.34 Å². The van der Waals surface area contributed by atoms with Crippen molar-refractivity contribution in [2.75, 3.05) is 5.32 Å². The van der Waals surface area contributed by atoms with Crippen molar-refractivity contribution in [1.29, 1.82) is 0 Å². The zero-order valence-electron chi connectivity index (χ0n) is 13.5. The van der Waals surface area contributed by atoms with E-state index in [1.54, 1.807) is 0 Å². The summed E-state index contributed by atoms with van der Waals surface area (Å²) in [4.78, 5) is 12.1. The van der Waals surface area contributed by atoms with E-state index in [1.807, 2.05) is 12.1 Å². The van der Waals surface area contributed by atoms with Gasteiger partial charge in [-0.15, -0.1) is 16.4 Å². The lowest BCUT2D eigenvalue weighted by Crippen LogP contribution is -2.11. The Bertz CT molecular complexity index is 888. The van der Waals surface area contributed by atoms with E-state index in [0.717, 1.165) is 16.9 Å². The van der Waals surface area contributed by atoms with Gasteiger partial charge in [-0.25, -0.2) is 0 Å². The average Bonchev–Trinajstić information content (AvgIpc) is 3.13. The summed E-state index contributed by atoms with van der Waals surface area (Å²) in [5, 5.41) is 10.3. The summed E-state index contributed by atoms with van der Waals surface area (Å²) in [6.45, 7) is 4.30. The van der Waals surface area contributed by atoms with Crippen LogP contribution in [0.1, 0.15) is 47.1 Å². The smallest absolute Gasteiger partial charge is 0.322 e. The molecule has 2 aromatic heterocycles. The van der Waals surface area contributed by atoms with E-state index >= 15 is 0 Å². The topological polar surface area (TPSA) is 68.0 Å². The monoisotopic (exact) mass is 395 g/mol. The van der Waals surface area contributed by atoms with Gasteiger partial charge in [-0.1, -0.05) is 66.4 Å². The molecule has 0 aliphatic carbocycles. The van der Waals surface area contributed by atoms with Crippen LogP contribution in [0.3, 0.4) is 0 Å². The Balaban J connectivity index is 1.66. The summed E-state index contributed by atoms with van der Waals surface area (Å²) >= 11 is 12.9. The lowest BCUT2D eigenvalue weighted by molar-refractivity contribution is 0.102. The summed E-state index contributed by atoms with van der Waals surface area (Å²) in [6, 6.07) is 9.76. The summed E-state index contributed by atoms with van der Waals surface area (Å²) < 4.78 is 6.23. The molecule has 0 aliphatic heterocycles. The lowest BCUT2D eigenvalue weighted by atomic mass is 10.0. The van der Waals surface area contributed by atoms with Crippen molar-refractivity contribution in [2.45, 2.75) is 26.2 Å². The molecule has 0 spiro atoms. The molecule has 2 heterocycles. The lowest BCUT2D eigenvalue weighted by Gasteiger charge is -2.05. The molecule has 8 heteroatoms. The molecular formula is C17H15Cl2N3O2S. The molecule has 0 atom stereocenters. The Morgan fingerprint density at radius 3 is 2.56 bits per heavy atom. The SMILES string of the molecule is CC(C)c1ccc(Cc2nnc(NC(=O)c3cc(Cl)sc3Cl)o2)cc1. The number of carbonyl (C=O) groups is 1. The van der Waals surface area contributed by atoms with Gasteiger partial charge in [0.15, 0.2) is 0 Å². The molecular weight excluding hydrogens is 381 g/mol. The predicted octanol–water partition coefficient (Wildman–Crippen LogP) is 5.40. The number of halogens is 2. The number of nitrogens with one attached hydrogen (secondary N) is 1. The van der Waals surface area contributed by atoms with Crippen molar-refractivity contribution >= 4 is 46.5 Å². The summed E-state index contributed by atoms with van der Waals surface area (Å²) in [5.41, 5.74) is 2.60.